The number of carbonyl (C=O) groups is 2. The molecule has 0 saturated heterocycles. The summed E-state index contributed by atoms with van der Waals surface area (Å²) in [6.45, 7) is 4.64. The molecule has 4 aromatic rings. The third-order valence-electron chi connectivity index (χ3n) is 5.94. The van der Waals surface area contributed by atoms with Gasteiger partial charge in [0.15, 0.2) is 5.16 Å². The zero-order valence-electron chi connectivity index (χ0n) is 19.1. The lowest BCUT2D eigenvalue weighted by atomic mass is 9.94. The Hall–Kier alpha value is -3.97. The summed E-state index contributed by atoms with van der Waals surface area (Å²) >= 11 is 1.58. The molecule has 0 atom stereocenters. The fourth-order valence-electron chi connectivity index (χ4n) is 4.29. The van der Waals surface area contributed by atoms with E-state index in [9.17, 15) is 9.59 Å². The van der Waals surface area contributed by atoms with E-state index in [0.29, 0.717) is 24.1 Å². The molecule has 1 aliphatic heterocycles. The van der Waals surface area contributed by atoms with Crippen molar-refractivity contribution in [1.29, 1.82) is 0 Å². The van der Waals surface area contributed by atoms with Crippen LogP contribution in [0.4, 0.5) is 0 Å². The number of rotatable bonds is 9. The van der Waals surface area contributed by atoms with E-state index in [1.54, 1.807) is 30.0 Å². The van der Waals surface area contributed by atoms with E-state index in [2.05, 4.69) is 41.1 Å². The Morgan fingerprint density at radius 2 is 1.60 bits per heavy atom. The van der Waals surface area contributed by atoms with Crippen molar-refractivity contribution in [1.82, 2.24) is 19.7 Å². The number of aromatic nitrogens is 3. The Kier molecular flexibility index (Phi) is 6.59. The highest BCUT2D eigenvalue weighted by atomic mass is 32.2. The Labute approximate surface area is 208 Å². The summed E-state index contributed by atoms with van der Waals surface area (Å²) in [5.74, 6) is 0.926. The number of thioether (sulfide) groups is 1. The number of imide groups is 1. The molecule has 174 valence electrons. The van der Waals surface area contributed by atoms with Gasteiger partial charge >= 0.3 is 0 Å². The van der Waals surface area contributed by atoms with Crippen LogP contribution in [0.2, 0.25) is 0 Å². The van der Waals surface area contributed by atoms with Crippen molar-refractivity contribution < 1.29 is 9.59 Å². The fourth-order valence-corrected chi connectivity index (χ4v) is 5.07. The van der Waals surface area contributed by atoms with Gasteiger partial charge in [-0.3, -0.25) is 14.5 Å². The smallest absolute Gasteiger partial charge is 0.261 e. The molecule has 7 heteroatoms. The molecule has 3 aromatic carbocycles. The molecular formula is C28H24N4O2S. The van der Waals surface area contributed by atoms with Crippen LogP contribution in [0.5, 0.6) is 0 Å². The topological polar surface area (TPSA) is 68.1 Å². The summed E-state index contributed by atoms with van der Waals surface area (Å²) < 4.78 is 1.99. The minimum Gasteiger partial charge on any atom is -0.302 e. The Balaban J connectivity index is 1.30. The van der Waals surface area contributed by atoms with Crippen LogP contribution in [0, 0.1) is 0 Å². The molecule has 0 spiro atoms. The largest absolute Gasteiger partial charge is 0.302 e. The summed E-state index contributed by atoms with van der Waals surface area (Å²) in [5, 5.41) is 11.1. The molecular weight excluding hydrogens is 456 g/mol. The van der Waals surface area contributed by atoms with Crippen LogP contribution in [-0.2, 0) is 13.0 Å². The van der Waals surface area contributed by atoms with Gasteiger partial charge in [-0.2, -0.15) is 0 Å². The van der Waals surface area contributed by atoms with Crippen molar-refractivity contribution in [2.24, 2.45) is 0 Å². The van der Waals surface area contributed by atoms with Crippen molar-refractivity contribution in [3.63, 3.8) is 0 Å². The molecule has 5 rings (SSSR count). The Bertz CT molecular complexity index is 1390. The minimum absolute atomic E-state index is 0.232. The monoisotopic (exact) mass is 480 g/mol. The van der Waals surface area contributed by atoms with Gasteiger partial charge in [0.1, 0.15) is 5.82 Å². The van der Waals surface area contributed by atoms with Crippen LogP contribution >= 0.6 is 11.8 Å². The molecule has 0 fully saturated rings. The average molecular weight is 481 g/mol. The molecule has 35 heavy (non-hydrogen) atoms. The zero-order chi connectivity index (χ0) is 24.2. The number of amides is 2. The molecule has 0 aliphatic carbocycles. The summed E-state index contributed by atoms with van der Waals surface area (Å²) in [4.78, 5) is 27.7. The van der Waals surface area contributed by atoms with Gasteiger partial charge in [-0.15, -0.1) is 16.8 Å². The zero-order valence-corrected chi connectivity index (χ0v) is 19.9. The summed E-state index contributed by atoms with van der Waals surface area (Å²) in [5.41, 5.74) is 2.27. The third-order valence-corrected chi connectivity index (χ3v) is 6.86. The molecule has 1 aliphatic rings. The van der Waals surface area contributed by atoms with Crippen molar-refractivity contribution in [3.8, 4) is 0 Å². The van der Waals surface area contributed by atoms with E-state index >= 15 is 0 Å². The highest BCUT2D eigenvalue weighted by molar-refractivity contribution is 7.99. The van der Waals surface area contributed by atoms with E-state index in [1.807, 2.05) is 47.0 Å². The van der Waals surface area contributed by atoms with Crippen molar-refractivity contribution >= 4 is 40.4 Å². The first kappa shape index (κ1) is 22.8. The molecule has 0 radical (unpaired) electrons. The number of allylic oxidation sites excluding steroid dienone is 1. The average Bonchev–Trinajstić information content (AvgIpc) is 3.27. The number of carbonyl (C=O) groups excluding carboxylic acids is 2. The van der Waals surface area contributed by atoms with Gasteiger partial charge < -0.3 is 4.57 Å². The maximum absolute atomic E-state index is 13.2. The summed E-state index contributed by atoms with van der Waals surface area (Å²) in [6.07, 6.45) is 6.38. The minimum atomic E-state index is -0.269. The van der Waals surface area contributed by atoms with E-state index in [0.717, 1.165) is 33.1 Å². The standard InChI is InChI=1S/C28H24N4O2S/c1-2-17-31-24(29-30-28(31)35-19-8-11-20-9-4-3-5-10-20)16-18-32-26(33)22-14-6-12-21-13-7-15-23(25(21)22)27(32)34/h2-15H,1,16-19H2. The highest BCUT2D eigenvalue weighted by Gasteiger charge is 2.32. The maximum Gasteiger partial charge on any atom is 0.261 e. The number of hydrogen-bond donors (Lipinski definition) is 0. The Morgan fingerprint density at radius 3 is 2.29 bits per heavy atom. The summed E-state index contributed by atoms with van der Waals surface area (Å²) in [7, 11) is 0. The van der Waals surface area contributed by atoms with Gasteiger partial charge in [0.2, 0.25) is 0 Å². The number of nitrogens with zero attached hydrogens (tertiary/aromatic N) is 4. The van der Waals surface area contributed by atoms with Crippen LogP contribution in [0.25, 0.3) is 16.8 Å². The van der Waals surface area contributed by atoms with Crippen LogP contribution in [0.1, 0.15) is 32.1 Å². The fraction of sp³-hybridized carbons (Fsp3) is 0.143. The van der Waals surface area contributed by atoms with E-state index in [4.69, 9.17) is 0 Å². The molecule has 0 unspecified atom stereocenters. The lowest BCUT2D eigenvalue weighted by molar-refractivity contribution is 0.0611. The number of hydrogen-bond acceptors (Lipinski definition) is 5. The van der Waals surface area contributed by atoms with Gasteiger partial charge in [0, 0.05) is 41.8 Å². The van der Waals surface area contributed by atoms with Crippen molar-refractivity contribution in [2.45, 2.75) is 18.1 Å². The first-order chi connectivity index (χ1) is 17.2. The van der Waals surface area contributed by atoms with Gasteiger partial charge in [-0.05, 0) is 23.1 Å². The second-order valence-corrected chi connectivity index (χ2v) is 9.13. The van der Waals surface area contributed by atoms with E-state index in [1.165, 1.54) is 4.90 Å². The maximum atomic E-state index is 13.2. The van der Waals surface area contributed by atoms with E-state index in [-0.39, 0.29) is 18.4 Å². The molecule has 2 amide bonds. The second kappa shape index (κ2) is 10.1. The molecule has 0 saturated carbocycles. The van der Waals surface area contributed by atoms with Crippen LogP contribution < -0.4 is 0 Å². The first-order valence-corrected chi connectivity index (χ1v) is 12.4. The predicted molar refractivity (Wildman–Crippen MR) is 139 cm³/mol. The lowest BCUT2D eigenvalue weighted by Crippen LogP contribution is -2.41. The molecule has 6 nitrogen and oxygen atoms in total. The van der Waals surface area contributed by atoms with Gasteiger partial charge in [0.05, 0.1) is 0 Å². The van der Waals surface area contributed by atoms with Gasteiger partial charge in [-0.25, -0.2) is 0 Å². The van der Waals surface area contributed by atoms with Gasteiger partial charge in [0.25, 0.3) is 11.8 Å². The highest BCUT2D eigenvalue weighted by Crippen LogP contribution is 2.30. The third kappa shape index (κ3) is 4.55. The first-order valence-electron chi connectivity index (χ1n) is 11.4. The lowest BCUT2D eigenvalue weighted by Gasteiger charge is -2.27. The van der Waals surface area contributed by atoms with Crippen LogP contribution in [0.15, 0.2) is 90.6 Å². The molecule has 2 heterocycles. The van der Waals surface area contributed by atoms with Crippen LogP contribution in [-0.4, -0.2) is 43.8 Å². The predicted octanol–water partition coefficient (Wildman–Crippen LogP) is 5.26. The summed E-state index contributed by atoms with van der Waals surface area (Å²) in [6, 6.07) is 21.2. The van der Waals surface area contributed by atoms with Crippen LogP contribution in [0.3, 0.4) is 0 Å². The molecule has 0 bridgehead atoms. The quantitative estimate of drug-likeness (QED) is 0.186. The van der Waals surface area contributed by atoms with Crippen molar-refractivity contribution in [2.75, 3.05) is 12.3 Å². The van der Waals surface area contributed by atoms with Crippen molar-refractivity contribution in [3.05, 3.63) is 108 Å². The van der Waals surface area contributed by atoms with Gasteiger partial charge in [-0.1, -0.05) is 84.6 Å². The second-order valence-electron chi connectivity index (χ2n) is 8.14. The SMILES string of the molecule is C=CCn1c(CCN2C(=O)c3cccc4cccc(c34)C2=O)nnc1SCC=Cc1ccccc1. The molecule has 1 aromatic heterocycles. The Morgan fingerprint density at radius 1 is 0.886 bits per heavy atom. The normalized spacial score (nSPS) is 13.2. The molecule has 0 N–H and O–H groups in total. The number of benzene rings is 3. The van der Waals surface area contributed by atoms with E-state index < -0.39 is 0 Å².